The van der Waals surface area contributed by atoms with Gasteiger partial charge in [-0.05, 0) is 38.8 Å². The van der Waals surface area contributed by atoms with Crippen LogP contribution in [0.2, 0.25) is 5.15 Å². The van der Waals surface area contributed by atoms with Gasteiger partial charge in [-0.2, -0.15) is 0 Å². The van der Waals surface area contributed by atoms with Crippen LogP contribution in [0, 0.1) is 0 Å². The fraction of sp³-hybridized carbons (Fsp3) is 0.500. The number of halogens is 1. The molecule has 0 saturated carbocycles. The van der Waals surface area contributed by atoms with Crippen molar-refractivity contribution in [1.29, 1.82) is 0 Å². The van der Waals surface area contributed by atoms with Gasteiger partial charge in [-0.15, -0.1) is 0 Å². The Morgan fingerprint density at radius 1 is 1.50 bits per heavy atom. The van der Waals surface area contributed by atoms with Crippen LogP contribution >= 0.6 is 11.6 Å². The zero-order chi connectivity index (χ0) is 11.8. The van der Waals surface area contributed by atoms with Gasteiger partial charge < -0.3 is 4.90 Å². The van der Waals surface area contributed by atoms with Crippen molar-refractivity contribution in [2.75, 3.05) is 6.54 Å². The van der Waals surface area contributed by atoms with Crippen LogP contribution in [0.5, 0.6) is 0 Å². The van der Waals surface area contributed by atoms with Crippen molar-refractivity contribution < 1.29 is 4.79 Å². The third-order valence-corrected chi connectivity index (χ3v) is 3.29. The van der Waals surface area contributed by atoms with Gasteiger partial charge in [0.25, 0.3) is 5.91 Å². The lowest BCUT2D eigenvalue weighted by atomic mass is 10.0. The van der Waals surface area contributed by atoms with Gasteiger partial charge in [0.2, 0.25) is 0 Å². The number of carbonyl (C=O) groups excluding carboxylic acids is 1. The Bertz CT molecular complexity index is 417. The average Bonchev–Trinajstić information content (AvgIpc) is 2.57. The molecule has 0 aliphatic carbocycles. The van der Waals surface area contributed by atoms with Crippen molar-refractivity contribution in [1.82, 2.24) is 9.88 Å². The number of hydrogen-bond acceptors (Lipinski definition) is 2. The largest absolute Gasteiger partial charge is 0.332 e. The summed E-state index contributed by atoms with van der Waals surface area (Å²) in [6, 6.07) is 5.14. The highest BCUT2D eigenvalue weighted by atomic mass is 35.5. The summed E-state index contributed by atoms with van der Waals surface area (Å²) in [5.74, 6) is -0.0231. The molecule has 1 aromatic rings. The van der Waals surface area contributed by atoms with Gasteiger partial charge >= 0.3 is 0 Å². The number of aromatic nitrogens is 1. The second-order valence-corrected chi connectivity index (χ2v) is 5.11. The Kier molecular flexibility index (Phi) is 2.89. The first-order chi connectivity index (χ1) is 7.50. The Morgan fingerprint density at radius 3 is 2.81 bits per heavy atom. The summed E-state index contributed by atoms with van der Waals surface area (Å²) in [5, 5.41) is 0.364. The lowest BCUT2D eigenvalue weighted by molar-refractivity contribution is 0.0646. The third kappa shape index (κ3) is 2.05. The molecule has 0 spiro atoms. The third-order valence-electron chi connectivity index (χ3n) is 3.08. The van der Waals surface area contributed by atoms with Crippen molar-refractivity contribution in [3.63, 3.8) is 0 Å². The maximum atomic E-state index is 12.2. The summed E-state index contributed by atoms with van der Waals surface area (Å²) < 4.78 is 0. The number of hydrogen-bond donors (Lipinski definition) is 0. The lowest BCUT2D eigenvalue weighted by Crippen LogP contribution is -2.42. The highest BCUT2D eigenvalue weighted by molar-refractivity contribution is 6.29. The van der Waals surface area contributed by atoms with Crippen LogP contribution in [-0.4, -0.2) is 27.9 Å². The number of amides is 1. The molecule has 0 aromatic carbocycles. The molecule has 3 nitrogen and oxygen atoms in total. The summed E-state index contributed by atoms with van der Waals surface area (Å²) in [6.07, 6.45) is 2.10. The summed E-state index contributed by atoms with van der Waals surface area (Å²) in [7, 11) is 0. The summed E-state index contributed by atoms with van der Waals surface area (Å²) in [6.45, 7) is 4.98. The zero-order valence-electron chi connectivity index (χ0n) is 9.53. The standard InChI is InChI=1S/C12H15ClN2O/c1-12(2)7-4-8-15(12)11(16)9-5-3-6-10(13)14-9/h3,5-6H,4,7-8H2,1-2H3. The van der Waals surface area contributed by atoms with Crippen molar-refractivity contribution in [3.05, 3.63) is 29.0 Å². The first-order valence-corrected chi connectivity index (χ1v) is 5.83. The van der Waals surface area contributed by atoms with Crippen molar-refractivity contribution in [2.24, 2.45) is 0 Å². The predicted octanol–water partition coefficient (Wildman–Crippen LogP) is 2.75. The van der Waals surface area contributed by atoms with Crippen molar-refractivity contribution >= 4 is 17.5 Å². The number of nitrogens with zero attached hydrogens (tertiary/aromatic N) is 2. The Balaban J connectivity index is 2.26. The van der Waals surface area contributed by atoms with E-state index in [4.69, 9.17) is 11.6 Å². The highest BCUT2D eigenvalue weighted by Crippen LogP contribution is 2.29. The van der Waals surface area contributed by atoms with E-state index in [1.54, 1.807) is 18.2 Å². The van der Waals surface area contributed by atoms with Gasteiger partial charge in [-0.3, -0.25) is 4.79 Å². The second-order valence-electron chi connectivity index (χ2n) is 4.72. The van der Waals surface area contributed by atoms with Crippen LogP contribution < -0.4 is 0 Å². The van der Waals surface area contributed by atoms with E-state index in [0.717, 1.165) is 19.4 Å². The molecule has 1 amide bonds. The average molecular weight is 239 g/mol. The van der Waals surface area contributed by atoms with Gasteiger partial charge in [0, 0.05) is 12.1 Å². The fourth-order valence-corrected chi connectivity index (χ4v) is 2.31. The second kappa shape index (κ2) is 4.06. The van der Waals surface area contributed by atoms with Gasteiger partial charge in [-0.25, -0.2) is 4.98 Å². The van der Waals surface area contributed by atoms with E-state index in [1.807, 2.05) is 4.90 Å². The van der Waals surface area contributed by atoms with Crippen LogP contribution in [-0.2, 0) is 0 Å². The summed E-state index contributed by atoms with van der Waals surface area (Å²) in [4.78, 5) is 18.2. The van der Waals surface area contributed by atoms with E-state index >= 15 is 0 Å². The van der Waals surface area contributed by atoms with E-state index in [9.17, 15) is 4.79 Å². The SMILES string of the molecule is CC1(C)CCCN1C(=O)c1cccc(Cl)n1. The Hall–Kier alpha value is -1.09. The van der Waals surface area contributed by atoms with Crippen LogP contribution in [0.4, 0.5) is 0 Å². The Labute approximate surface area is 100 Å². The number of carbonyl (C=O) groups is 1. The molecule has 2 heterocycles. The van der Waals surface area contributed by atoms with Crippen LogP contribution in [0.1, 0.15) is 37.2 Å². The van der Waals surface area contributed by atoms with Gasteiger partial charge in [0.15, 0.2) is 0 Å². The molecule has 1 saturated heterocycles. The van der Waals surface area contributed by atoms with Crippen LogP contribution in [0.25, 0.3) is 0 Å². The molecule has 1 fully saturated rings. The Morgan fingerprint density at radius 2 is 2.25 bits per heavy atom. The lowest BCUT2D eigenvalue weighted by Gasteiger charge is -2.31. The minimum absolute atomic E-state index is 0.0231. The first-order valence-electron chi connectivity index (χ1n) is 5.45. The molecule has 0 N–H and O–H groups in total. The molecular weight excluding hydrogens is 224 g/mol. The molecule has 1 aromatic heterocycles. The molecule has 1 aliphatic heterocycles. The topological polar surface area (TPSA) is 33.2 Å². The molecule has 1 aliphatic rings. The molecule has 0 radical (unpaired) electrons. The molecule has 0 unspecified atom stereocenters. The summed E-state index contributed by atoms with van der Waals surface area (Å²) >= 11 is 5.78. The predicted molar refractivity (Wildman–Crippen MR) is 63.6 cm³/mol. The normalized spacial score (nSPS) is 18.8. The van der Waals surface area contributed by atoms with Gasteiger partial charge in [0.05, 0.1) is 0 Å². The number of pyridine rings is 1. The van der Waals surface area contributed by atoms with Gasteiger partial charge in [0.1, 0.15) is 10.8 Å². The monoisotopic (exact) mass is 238 g/mol. The van der Waals surface area contributed by atoms with Gasteiger partial charge in [-0.1, -0.05) is 17.7 Å². The zero-order valence-corrected chi connectivity index (χ0v) is 10.3. The highest BCUT2D eigenvalue weighted by Gasteiger charge is 2.36. The first kappa shape index (κ1) is 11.4. The van der Waals surface area contributed by atoms with Crippen LogP contribution in [0.15, 0.2) is 18.2 Å². The molecule has 0 atom stereocenters. The summed E-state index contributed by atoms with van der Waals surface area (Å²) in [5.41, 5.74) is 0.364. The molecule has 4 heteroatoms. The van der Waals surface area contributed by atoms with E-state index in [2.05, 4.69) is 18.8 Å². The van der Waals surface area contributed by atoms with E-state index in [0.29, 0.717) is 10.8 Å². The minimum atomic E-state index is -0.0684. The van der Waals surface area contributed by atoms with E-state index < -0.39 is 0 Å². The fourth-order valence-electron chi connectivity index (χ4n) is 2.15. The maximum absolute atomic E-state index is 12.2. The van der Waals surface area contributed by atoms with E-state index in [1.165, 1.54) is 0 Å². The molecule has 16 heavy (non-hydrogen) atoms. The van der Waals surface area contributed by atoms with E-state index in [-0.39, 0.29) is 11.4 Å². The molecule has 0 bridgehead atoms. The van der Waals surface area contributed by atoms with Crippen LogP contribution in [0.3, 0.4) is 0 Å². The smallest absolute Gasteiger partial charge is 0.272 e. The molecule has 2 rings (SSSR count). The minimum Gasteiger partial charge on any atom is -0.332 e. The van der Waals surface area contributed by atoms with Crippen molar-refractivity contribution in [3.8, 4) is 0 Å². The maximum Gasteiger partial charge on any atom is 0.272 e. The number of likely N-dealkylation sites (tertiary alicyclic amines) is 1. The molecular formula is C12H15ClN2O. The number of rotatable bonds is 1. The molecule has 86 valence electrons. The van der Waals surface area contributed by atoms with Crippen molar-refractivity contribution in [2.45, 2.75) is 32.2 Å². The quantitative estimate of drug-likeness (QED) is 0.705.